The van der Waals surface area contributed by atoms with Gasteiger partial charge in [-0.3, -0.25) is 4.79 Å². The smallest absolute Gasteiger partial charge is 0.271 e. The second kappa shape index (κ2) is 5.95. The predicted molar refractivity (Wildman–Crippen MR) is 72.7 cm³/mol. The highest BCUT2D eigenvalue weighted by Gasteiger charge is 2.07. The molecule has 100 valence electrons. The third-order valence-corrected chi connectivity index (χ3v) is 2.88. The van der Waals surface area contributed by atoms with E-state index in [4.69, 9.17) is 27.9 Å². The van der Waals surface area contributed by atoms with Crippen LogP contribution in [0.4, 0.5) is 0 Å². The summed E-state index contributed by atoms with van der Waals surface area (Å²) in [6, 6.07) is 6.55. The van der Waals surface area contributed by atoms with Crippen LogP contribution in [0.15, 0.2) is 30.5 Å². The SMILES string of the molecule is CNC(=O)c1ccn(COc2ccc(Cl)cc2Cl)n1. The first-order chi connectivity index (χ1) is 9.10. The molecule has 0 aliphatic rings. The Hall–Kier alpha value is -1.72. The molecule has 0 radical (unpaired) electrons. The molecule has 7 heteroatoms. The molecular formula is C12H11Cl2N3O2. The number of aromatic nitrogens is 2. The molecule has 0 aliphatic carbocycles. The van der Waals surface area contributed by atoms with Gasteiger partial charge >= 0.3 is 0 Å². The minimum Gasteiger partial charge on any atom is -0.470 e. The topological polar surface area (TPSA) is 56.2 Å². The van der Waals surface area contributed by atoms with Crippen LogP contribution in [-0.2, 0) is 6.73 Å². The van der Waals surface area contributed by atoms with Crippen LogP contribution in [0.2, 0.25) is 10.0 Å². The van der Waals surface area contributed by atoms with Crippen molar-refractivity contribution in [1.82, 2.24) is 15.1 Å². The summed E-state index contributed by atoms with van der Waals surface area (Å²) >= 11 is 11.8. The highest BCUT2D eigenvalue weighted by molar-refractivity contribution is 6.35. The third-order valence-electron chi connectivity index (χ3n) is 2.35. The molecule has 19 heavy (non-hydrogen) atoms. The van der Waals surface area contributed by atoms with Gasteiger partial charge in [-0.15, -0.1) is 0 Å². The van der Waals surface area contributed by atoms with E-state index in [1.54, 1.807) is 37.5 Å². The number of nitrogens with one attached hydrogen (secondary N) is 1. The third kappa shape index (κ3) is 3.39. The Morgan fingerprint density at radius 3 is 2.89 bits per heavy atom. The van der Waals surface area contributed by atoms with Crippen molar-refractivity contribution < 1.29 is 9.53 Å². The Bertz CT molecular complexity index is 598. The number of carbonyl (C=O) groups excluding carboxylic acids is 1. The van der Waals surface area contributed by atoms with E-state index in [1.807, 2.05) is 0 Å². The molecule has 1 aromatic heterocycles. The van der Waals surface area contributed by atoms with Crippen molar-refractivity contribution in [2.24, 2.45) is 0 Å². The van der Waals surface area contributed by atoms with Crippen LogP contribution in [-0.4, -0.2) is 22.7 Å². The molecule has 0 spiro atoms. The number of hydrogen-bond donors (Lipinski definition) is 1. The lowest BCUT2D eigenvalue weighted by molar-refractivity contribution is 0.0956. The van der Waals surface area contributed by atoms with Crippen LogP contribution < -0.4 is 10.1 Å². The lowest BCUT2D eigenvalue weighted by Gasteiger charge is -2.08. The molecule has 0 aliphatic heterocycles. The summed E-state index contributed by atoms with van der Waals surface area (Å²) in [6.07, 6.45) is 1.65. The second-order valence-electron chi connectivity index (χ2n) is 3.67. The van der Waals surface area contributed by atoms with Crippen LogP contribution in [0.5, 0.6) is 5.75 Å². The number of rotatable bonds is 4. The van der Waals surface area contributed by atoms with Gasteiger partial charge in [0.1, 0.15) is 11.4 Å². The summed E-state index contributed by atoms with van der Waals surface area (Å²) in [5.74, 6) is 0.256. The first-order valence-corrected chi connectivity index (χ1v) is 6.19. The molecule has 0 saturated carbocycles. The van der Waals surface area contributed by atoms with Gasteiger partial charge in [0.25, 0.3) is 5.91 Å². The van der Waals surface area contributed by atoms with Gasteiger partial charge in [0.05, 0.1) is 5.02 Å². The van der Waals surface area contributed by atoms with Gasteiger partial charge < -0.3 is 10.1 Å². The molecule has 1 aromatic carbocycles. The predicted octanol–water partition coefficient (Wildman–Crippen LogP) is 2.59. The minimum atomic E-state index is -0.247. The quantitative estimate of drug-likeness (QED) is 0.944. The Morgan fingerprint density at radius 2 is 2.21 bits per heavy atom. The first kappa shape index (κ1) is 13.7. The first-order valence-electron chi connectivity index (χ1n) is 5.43. The molecule has 1 amide bonds. The van der Waals surface area contributed by atoms with E-state index in [0.717, 1.165) is 0 Å². The Kier molecular flexibility index (Phi) is 4.29. The number of hydrogen-bond acceptors (Lipinski definition) is 3. The van der Waals surface area contributed by atoms with Crippen molar-refractivity contribution in [2.75, 3.05) is 7.05 Å². The highest BCUT2D eigenvalue weighted by Crippen LogP contribution is 2.27. The van der Waals surface area contributed by atoms with Gasteiger partial charge in [0, 0.05) is 18.3 Å². The van der Waals surface area contributed by atoms with E-state index < -0.39 is 0 Å². The van der Waals surface area contributed by atoms with Crippen LogP contribution in [0.3, 0.4) is 0 Å². The van der Waals surface area contributed by atoms with Gasteiger partial charge in [-0.25, -0.2) is 4.68 Å². The summed E-state index contributed by atoms with van der Waals surface area (Å²) in [5, 5.41) is 7.51. The van der Waals surface area contributed by atoms with E-state index in [-0.39, 0.29) is 12.6 Å². The van der Waals surface area contributed by atoms with Gasteiger partial charge in [-0.1, -0.05) is 23.2 Å². The summed E-state index contributed by atoms with van der Waals surface area (Å²) in [7, 11) is 1.55. The molecule has 0 atom stereocenters. The van der Waals surface area contributed by atoms with Crippen molar-refractivity contribution in [1.29, 1.82) is 0 Å². The van der Waals surface area contributed by atoms with Gasteiger partial charge in [-0.2, -0.15) is 5.10 Å². The molecular weight excluding hydrogens is 289 g/mol. The maximum atomic E-state index is 11.3. The van der Waals surface area contributed by atoms with Gasteiger partial charge in [0.15, 0.2) is 6.73 Å². The van der Waals surface area contributed by atoms with Crippen molar-refractivity contribution in [3.05, 3.63) is 46.2 Å². The lowest BCUT2D eigenvalue weighted by Crippen LogP contribution is -2.19. The Labute approximate surface area is 120 Å². The van der Waals surface area contributed by atoms with Crippen LogP contribution in [0, 0.1) is 0 Å². The average molecular weight is 300 g/mol. The fraction of sp³-hybridized carbons (Fsp3) is 0.167. The molecule has 1 heterocycles. The van der Waals surface area contributed by atoms with Crippen molar-refractivity contribution in [2.45, 2.75) is 6.73 Å². The zero-order valence-electron chi connectivity index (χ0n) is 10.1. The zero-order valence-corrected chi connectivity index (χ0v) is 11.6. The lowest BCUT2D eigenvalue weighted by atomic mass is 10.3. The maximum Gasteiger partial charge on any atom is 0.271 e. The number of nitrogens with zero attached hydrogens (tertiary/aromatic N) is 2. The molecule has 0 unspecified atom stereocenters. The Balaban J connectivity index is 2.02. The van der Waals surface area contributed by atoms with Crippen LogP contribution in [0.1, 0.15) is 10.5 Å². The van der Waals surface area contributed by atoms with Crippen molar-refractivity contribution in [3.8, 4) is 5.75 Å². The molecule has 0 fully saturated rings. The van der Waals surface area contributed by atoms with Gasteiger partial charge in [0.2, 0.25) is 0 Å². The Morgan fingerprint density at radius 1 is 1.42 bits per heavy atom. The maximum absolute atomic E-state index is 11.3. The van der Waals surface area contributed by atoms with E-state index in [9.17, 15) is 4.79 Å². The second-order valence-corrected chi connectivity index (χ2v) is 4.51. The average Bonchev–Trinajstić information content (AvgIpc) is 2.85. The number of carbonyl (C=O) groups is 1. The number of amides is 1. The number of ether oxygens (including phenoxy) is 1. The van der Waals surface area contributed by atoms with Crippen LogP contribution >= 0.6 is 23.2 Å². The van der Waals surface area contributed by atoms with E-state index in [1.165, 1.54) is 4.68 Å². The summed E-state index contributed by atoms with van der Waals surface area (Å²) in [6.45, 7) is 0.151. The van der Waals surface area contributed by atoms with Crippen LogP contribution in [0.25, 0.3) is 0 Å². The summed E-state index contributed by atoms with van der Waals surface area (Å²) in [5.41, 5.74) is 0.327. The standard InChI is InChI=1S/C12H11Cl2N3O2/c1-15-12(18)10-4-5-17(16-10)7-19-11-3-2-8(13)6-9(11)14/h2-6H,7H2,1H3,(H,15,18). The van der Waals surface area contributed by atoms with Gasteiger partial charge in [-0.05, 0) is 24.3 Å². The van der Waals surface area contributed by atoms with Crippen molar-refractivity contribution >= 4 is 29.1 Å². The fourth-order valence-corrected chi connectivity index (χ4v) is 1.87. The largest absolute Gasteiger partial charge is 0.470 e. The van der Waals surface area contributed by atoms with E-state index >= 15 is 0 Å². The number of halogens is 2. The van der Waals surface area contributed by atoms with Crippen molar-refractivity contribution in [3.63, 3.8) is 0 Å². The molecule has 0 bridgehead atoms. The van der Waals surface area contributed by atoms with E-state index in [0.29, 0.717) is 21.5 Å². The summed E-state index contributed by atoms with van der Waals surface area (Å²) < 4.78 is 6.98. The molecule has 1 N–H and O–H groups in total. The number of benzene rings is 1. The molecule has 0 saturated heterocycles. The van der Waals surface area contributed by atoms with E-state index in [2.05, 4.69) is 10.4 Å². The highest BCUT2D eigenvalue weighted by atomic mass is 35.5. The fourth-order valence-electron chi connectivity index (χ4n) is 1.41. The molecule has 2 rings (SSSR count). The minimum absolute atomic E-state index is 0.151. The zero-order chi connectivity index (χ0) is 13.8. The molecule has 5 nitrogen and oxygen atoms in total. The normalized spacial score (nSPS) is 10.3. The monoisotopic (exact) mass is 299 g/mol. The molecule has 2 aromatic rings. The summed E-state index contributed by atoms with van der Waals surface area (Å²) in [4.78, 5) is 11.3.